The Labute approximate surface area is 281 Å². The topological polar surface area (TPSA) is 113 Å². The molecule has 0 saturated heterocycles. The molecule has 0 aliphatic carbocycles. The smallest absolute Gasteiger partial charge is 0.306 e. The van der Waals surface area contributed by atoms with Crippen LogP contribution in [0.2, 0.25) is 0 Å². The van der Waals surface area contributed by atoms with E-state index in [0.29, 0.717) is 25.7 Å². The van der Waals surface area contributed by atoms with Gasteiger partial charge in [0.25, 0.3) is 0 Å². The normalized spacial score (nSPS) is 14.1. The van der Waals surface area contributed by atoms with Crippen molar-refractivity contribution in [2.24, 2.45) is 0 Å². The summed E-state index contributed by atoms with van der Waals surface area (Å²) in [7, 11) is 0. The van der Waals surface area contributed by atoms with Crippen LogP contribution in [0.1, 0.15) is 155 Å². The van der Waals surface area contributed by atoms with Gasteiger partial charge >= 0.3 is 11.9 Å². The summed E-state index contributed by atoms with van der Waals surface area (Å²) in [5.74, 6) is -0.833. The molecule has 0 aliphatic heterocycles. The molecule has 0 radical (unpaired) electrons. The number of hydrogen-bond donors (Lipinski definition) is 3. The zero-order valence-electron chi connectivity index (χ0n) is 29.3. The minimum absolute atomic E-state index is 0.124. The Kier molecular flexibility index (Phi) is 32.5. The predicted molar refractivity (Wildman–Crippen MR) is 189 cm³/mol. The molecule has 0 aromatic heterocycles. The van der Waals surface area contributed by atoms with Gasteiger partial charge in [-0.2, -0.15) is 0 Å². The molecule has 46 heavy (non-hydrogen) atoms. The molecule has 0 aromatic rings. The van der Waals surface area contributed by atoms with Gasteiger partial charge in [0, 0.05) is 12.8 Å². The third kappa shape index (κ3) is 31.7. The summed E-state index contributed by atoms with van der Waals surface area (Å²) in [4.78, 5) is 24.2. The number of aliphatic hydroxyl groups excluding tert-OH is 3. The van der Waals surface area contributed by atoms with Crippen LogP contribution in [0.3, 0.4) is 0 Å². The number of carbonyl (C=O) groups excluding carboxylic acids is 2. The lowest BCUT2D eigenvalue weighted by molar-refractivity contribution is -0.161. The molecule has 7 heteroatoms. The quantitative estimate of drug-likeness (QED) is 0.0289. The highest BCUT2D eigenvalue weighted by Gasteiger charge is 2.16. The Morgan fingerprint density at radius 1 is 0.609 bits per heavy atom. The van der Waals surface area contributed by atoms with Crippen molar-refractivity contribution in [1.29, 1.82) is 0 Å². The summed E-state index contributed by atoms with van der Waals surface area (Å²) in [6.45, 7) is 3.85. The first kappa shape index (κ1) is 43.8. The third-order valence-electron chi connectivity index (χ3n) is 7.82. The van der Waals surface area contributed by atoms with Crippen LogP contribution in [0.5, 0.6) is 0 Å². The van der Waals surface area contributed by atoms with Gasteiger partial charge in [0.05, 0.1) is 18.8 Å². The molecule has 0 heterocycles. The number of rotatable bonds is 32. The zero-order valence-corrected chi connectivity index (χ0v) is 29.3. The van der Waals surface area contributed by atoms with E-state index in [1.54, 1.807) is 36.5 Å². The van der Waals surface area contributed by atoms with Gasteiger partial charge in [-0.3, -0.25) is 9.59 Å². The fourth-order valence-electron chi connectivity index (χ4n) is 4.92. The number of ether oxygens (including phenoxy) is 2. The van der Waals surface area contributed by atoms with Gasteiger partial charge in [-0.25, -0.2) is 0 Å². The van der Waals surface area contributed by atoms with Crippen LogP contribution in [0.4, 0.5) is 0 Å². The van der Waals surface area contributed by atoms with Gasteiger partial charge < -0.3 is 24.8 Å². The first-order valence-electron chi connectivity index (χ1n) is 18.4. The van der Waals surface area contributed by atoms with E-state index in [-0.39, 0.29) is 19.0 Å². The molecule has 0 rings (SSSR count). The first-order valence-corrected chi connectivity index (χ1v) is 18.4. The average molecular weight is 649 g/mol. The molecule has 0 unspecified atom stereocenters. The highest BCUT2D eigenvalue weighted by Crippen LogP contribution is 2.13. The Hall–Kier alpha value is -2.22. The molecule has 0 bridgehead atoms. The first-order chi connectivity index (χ1) is 22.4. The maximum absolute atomic E-state index is 12.1. The van der Waals surface area contributed by atoms with E-state index in [9.17, 15) is 24.9 Å². The van der Waals surface area contributed by atoms with Crippen molar-refractivity contribution in [3.8, 4) is 0 Å². The number of aliphatic hydroxyl groups is 3. The van der Waals surface area contributed by atoms with Crippen LogP contribution in [-0.2, 0) is 19.1 Å². The lowest BCUT2D eigenvalue weighted by Crippen LogP contribution is -2.28. The van der Waals surface area contributed by atoms with E-state index >= 15 is 0 Å². The zero-order chi connectivity index (χ0) is 33.9. The Balaban J connectivity index is 3.87. The van der Waals surface area contributed by atoms with Crippen molar-refractivity contribution in [3.05, 3.63) is 48.6 Å². The van der Waals surface area contributed by atoms with Crippen LogP contribution in [0.15, 0.2) is 48.6 Å². The second kappa shape index (κ2) is 34.1. The van der Waals surface area contributed by atoms with Crippen LogP contribution >= 0.6 is 0 Å². The van der Waals surface area contributed by atoms with Gasteiger partial charge in [0.2, 0.25) is 0 Å². The Morgan fingerprint density at radius 2 is 1.13 bits per heavy atom. The summed E-state index contributed by atoms with van der Waals surface area (Å²) < 4.78 is 10.4. The summed E-state index contributed by atoms with van der Waals surface area (Å²) >= 11 is 0. The van der Waals surface area contributed by atoms with Crippen LogP contribution in [0, 0.1) is 0 Å². The Bertz CT molecular complexity index is 817. The predicted octanol–water partition coefficient (Wildman–Crippen LogP) is 9.00. The molecule has 3 atom stereocenters. The summed E-state index contributed by atoms with van der Waals surface area (Å²) in [5, 5.41) is 29.6. The molecule has 7 nitrogen and oxygen atoms in total. The molecular weight excluding hydrogens is 580 g/mol. The van der Waals surface area contributed by atoms with E-state index in [0.717, 1.165) is 25.7 Å². The molecule has 266 valence electrons. The maximum Gasteiger partial charge on any atom is 0.306 e. The number of carbonyl (C=O) groups is 2. The lowest BCUT2D eigenvalue weighted by Gasteiger charge is -2.16. The van der Waals surface area contributed by atoms with Gasteiger partial charge in [-0.1, -0.05) is 152 Å². The molecule has 0 fully saturated rings. The molecule has 0 aliphatic rings. The van der Waals surface area contributed by atoms with E-state index in [4.69, 9.17) is 9.47 Å². The number of unbranched alkanes of at least 4 members (excludes halogenated alkanes) is 15. The van der Waals surface area contributed by atoms with Gasteiger partial charge in [-0.15, -0.1) is 0 Å². The minimum Gasteiger partial charge on any atom is -0.462 e. The second-order valence-corrected chi connectivity index (χ2v) is 12.4. The molecule has 3 N–H and O–H groups in total. The highest BCUT2D eigenvalue weighted by atomic mass is 16.6. The van der Waals surface area contributed by atoms with E-state index in [2.05, 4.69) is 19.9 Å². The number of allylic oxidation sites excluding steroid dienone is 5. The van der Waals surface area contributed by atoms with Crippen molar-refractivity contribution in [2.45, 2.75) is 173 Å². The maximum atomic E-state index is 12.1. The molecular formula is C39H68O7. The lowest BCUT2D eigenvalue weighted by atomic mass is 10.0. The van der Waals surface area contributed by atoms with Gasteiger partial charge in [0.1, 0.15) is 6.61 Å². The highest BCUT2D eigenvalue weighted by molar-refractivity contribution is 5.70. The van der Waals surface area contributed by atoms with Crippen LogP contribution < -0.4 is 0 Å². The van der Waals surface area contributed by atoms with Gasteiger partial charge in [-0.05, 0) is 38.5 Å². The van der Waals surface area contributed by atoms with E-state index in [1.165, 1.54) is 83.5 Å². The number of hydrogen-bond acceptors (Lipinski definition) is 7. The summed E-state index contributed by atoms with van der Waals surface area (Å²) in [6, 6.07) is 0. The average Bonchev–Trinajstić information content (AvgIpc) is 3.04. The monoisotopic (exact) mass is 648 g/mol. The van der Waals surface area contributed by atoms with Crippen LogP contribution in [0.25, 0.3) is 0 Å². The fourth-order valence-corrected chi connectivity index (χ4v) is 4.92. The second-order valence-electron chi connectivity index (χ2n) is 12.4. The van der Waals surface area contributed by atoms with Gasteiger partial charge in [0.15, 0.2) is 6.10 Å². The SMILES string of the molecule is CCCCC/C=C\C[C@@H](O)/C=C/C=C/C=C\[C@@H](O)CCCC(=O)OC[C@H](CO)OC(=O)CCCCCCCCCCCCCCC. The summed E-state index contributed by atoms with van der Waals surface area (Å²) in [5.41, 5.74) is 0. The standard InChI is InChI=1S/C39H68O7/c1-3-5-7-9-11-12-13-14-15-16-17-19-25-31-39(44)46-37(33-40)34-45-38(43)32-26-30-36(42)29-24-21-20-23-28-35(41)27-22-18-10-8-6-4-2/h18,20-24,28-29,35-37,40-42H,3-17,19,25-27,30-34H2,1-2H3/b21-20+,22-18-,28-23+,29-24-/t35-,36-,37+/m1/s1. The van der Waals surface area contributed by atoms with Crippen molar-refractivity contribution in [1.82, 2.24) is 0 Å². The third-order valence-corrected chi connectivity index (χ3v) is 7.82. The van der Waals surface area contributed by atoms with Crippen molar-refractivity contribution >= 4 is 11.9 Å². The largest absolute Gasteiger partial charge is 0.462 e. The fraction of sp³-hybridized carbons (Fsp3) is 0.744. The summed E-state index contributed by atoms with van der Waals surface area (Å²) in [6.07, 6.45) is 35.1. The van der Waals surface area contributed by atoms with Crippen molar-refractivity contribution < 1.29 is 34.4 Å². The molecule has 0 amide bonds. The van der Waals surface area contributed by atoms with Crippen molar-refractivity contribution in [2.75, 3.05) is 13.2 Å². The Morgan fingerprint density at radius 3 is 1.72 bits per heavy atom. The van der Waals surface area contributed by atoms with Crippen LogP contribution in [-0.4, -0.2) is 58.8 Å². The minimum atomic E-state index is -0.860. The van der Waals surface area contributed by atoms with E-state index < -0.39 is 30.9 Å². The van der Waals surface area contributed by atoms with Crippen molar-refractivity contribution in [3.63, 3.8) is 0 Å². The molecule has 0 spiro atoms. The van der Waals surface area contributed by atoms with E-state index in [1.807, 2.05) is 6.08 Å². The molecule has 0 saturated carbocycles. The molecule has 0 aromatic carbocycles. The number of esters is 2.